The van der Waals surface area contributed by atoms with Crippen molar-refractivity contribution in [2.45, 2.75) is 45.3 Å². The van der Waals surface area contributed by atoms with Crippen LogP contribution in [0.15, 0.2) is 42.5 Å². The van der Waals surface area contributed by atoms with Crippen LogP contribution < -0.4 is 19.9 Å². The molecular formula is C23H30N4O2. The lowest BCUT2D eigenvalue weighted by Crippen LogP contribution is -2.26. The third-order valence-electron chi connectivity index (χ3n) is 5.72. The average Bonchev–Trinajstić information content (AvgIpc) is 3.40. The van der Waals surface area contributed by atoms with Gasteiger partial charge >= 0.3 is 0 Å². The van der Waals surface area contributed by atoms with E-state index in [0.717, 1.165) is 55.5 Å². The number of anilines is 2. The first-order valence-electron chi connectivity index (χ1n) is 10.6. The standard InChI is InChI=1S/C23H30N4O2/c1-17(24-18(2)28)19-8-10-20(11-9-19)29-21-12-15-27(16-21)23-7-5-6-22(25-23)26-13-3-4-14-26/h5-11,17,21H,3-4,12-16H2,1-2H3,(H,24,28)/t17-,21+/m0/s1. The number of hydrogen-bond acceptors (Lipinski definition) is 5. The Hall–Kier alpha value is -2.76. The van der Waals surface area contributed by atoms with Gasteiger partial charge in [0.15, 0.2) is 0 Å². The fourth-order valence-corrected chi connectivity index (χ4v) is 4.16. The second kappa shape index (κ2) is 8.72. The molecule has 154 valence electrons. The number of nitrogens with one attached hydrogen (secondary N) is 1. The summed E-state index contributed by atoms with van der Waals surface area (Å²) in [6.45, 7) is 7.54. The highest BCUT2D eigenvalue weighted by Crippen LogP contribution is 2.26. The van der Waals surface area contributed by atoms with Crippen LogP contribution in [0.2, 0.25) is 0 Å². The number of carbonyl (C=O) groups excluding carboxylic acids is 1. The average molecular weight is 395 g/mol. The van der Waals surface area contributed by atoms with E-state index in [0.29, 0.717) is 0 Å². The van der Waals surface area contributed by atoms with E-state index < -0.39 is 0 Å². The highest BCUT2D eigenvalue weighted by Gasteiger charge is 2.26. The van der Waals surface area contributed by atoms with Gasteiger partial charge in [-0.3, -0.25) is 4.79 Å². The maximum absolute atomic E-state index is 11.2. The van der Waals surface area contributed by atoms with E-state index in [2.05, 4.69) is 33.3 Å². The van der Waals surface area contributed by atoms with Crippen molar-refractivity contribution in [2.24, 2.45) is 0 Å². The van der Waals surface area contributed by atoms with Crippen LogP contribution in [0.1, 0.15) is 44.7 Å². The van der Waals surface area contributed by atoms with Crippen molar-refractivity contribution in [3.05, 3.63) is 48.0 Å². The summed E-state index contributed by atoms with van der Waals surface area (Å²) in [7, 11) is 0. The Morgan fingerprint density at radius 3 is 2.45 bits per heavy atom. The van der Waals surface area contributed by atoms with E-state index in [1.165, 1.54) is 19.8 Å². The monoisotopic (exact) mass is 394 g/mol. The van der Waals surface area contributed by atoms with Crippen LogP contribution in [0, 0.1) is 0 Å². The highest BCUT2D eigenvalue weighted by atomic mass is 16.5. The van der Waals surface area contributed by atoms with Crippen LogP contribution in [-0.4, -0.2) is 43.2 Å². The second-order valence-electron chi connectivity index (χ2n) is 8.01. The molecule has 0 spiro atoms. The molecule has 6 heteroatoms. The molecule has 6 nitrogen and oxygen atoms in total. The van der Waals surface area contributed by atoms with E-state index >= 15 is 0 Å². The number of aromatic nitrogens is 1. The number of nitrogens with zero attached hydrogens (tertiary/aromatic N) is 3. The van der Waals surface area contributed by atoms with Crippen LogP contribution in [0.25, 0.3) is 0 Å². The van der Waals surface area contributed by atoms with Crippen molar-refractivity contribution in [2.75, 3.05) is 36.0 Å². The summed E-state index contributed by atoms with van der Waals surface area (Å²) in [5.74, 6) is 2.98. The quantitative estimate of drug-likeness (QED) is 0.812. The van der Waals surface area contributed by atoms with Crippen LogP contribution in [0.5, 0.6) is 5.75 Å². The van der Waals surface area contributed by atoms with Gasteiger partial charge in [0, 0.05) is 33.0 Å². The van der Waals surface area contributed by atoms with Crippen molar-refractivity contribution < 1.29 is 9.53 Å². The Bertz CT molecular complexity index is 833. The number of pyridine rings is 1. The Balaban J connectivity index is 1.34. The lowest BCUT2D eigenvalue weighted by Gasteiger charge is -2.22. The maximum Gasteiger partial charge on any atom is 0.217 e. The fraction of sp³-hybridized carbons (Fsp3) is 0.478. The molecule has 4 rings (SSSR count). The number of ether oxygens (including phenoxy) is 1. The smallest absolute Gasteiger partial charge is 0.217 e. The van der Waals surface area contributed by atoms with Gasteiger partial charge in [0.25, 0.3) is 0 Å². The van der Waals surface area contributed by atoms with Gasteiger partial charge < -0.3 is 19.9 Å². The first kappa shape index (κ1) is 19.6. The molecule has 0 unspecified atom stereocenters. The fourth-order valence-electron chi connectivity index (χ4n) is 4.16. The number of hydrogen-bond donors (Lipinski definition) is 1. The second-order valence-corrected chi connectivity index (χ2v) is 8.01. The number of amides is 1. The van der Waals surface area contributed by atoms with Crippen molar-refractivity contribution in [3.8, 4) is 5.75 Å². The molecule has 2 atom stereocenters. The molecular weight excluding hydrogens is 364 g/mol. The predicted octanol–water partition coefficient (Wildman–Crippen LogP) is 3.54. The molecule has 2 aliphatic rings. The zero-order valence-electron chi connectivity index (χ0n) is 17.3. The van der Waals surface area contributed by atoms with E-state index in [4.69, 9.17) is 9.72 Å². The van der Waals surface area contributed by atoms with Gasteiger partial charge in [-0.25, -0.2) is 4.98 Å². The number of rotatable bonds is 6. The Morgan fingerprint density at radius 2 is 1.76 bits per heavy atom. The zero-order valence-corrected chi connectivity index (χ0v) is 17.3. The molecule has 2 saturated heterocycles. The molecule has 2 fully saturated rings. The topological polar surface area (TPSA) is 57.7 Å². The van der Waals surface area contributed by atoms with Gasteiger partial charge in [-0.2, -0.15) is 0 Å². The van der Waals surface area contributed by atoms with Gasteiger partial charge in [0.2, 0.25) is 5.91 Å². The largest absolute Gasteiger partial charge is 0.489 e. The molecule has 1 amide bonds. The summed E-state index contributed by atoms with van der Waals surface area (Å²) >= 11 is 0. The Morgan fingerprint density at radius 1 is 1.07 bits per heavy atom. The van der Waals surface area contributed by atoms with Gasteiger partial charge in [-0.1, -0.05) is 18.2 Å². The molecule has 2 aliphatic heterocycles. The van der Waals surface area contributed by atoms with Gasteiger partial charge in [-0.05, 0) is 49.6 Å². The van der Waals surface area contributed by atoms with Crippen molar-refractivity contribution in [1.29, 1.82) is 0 Å². The molecule has 1 aromatic carbocycles. The summed E-state index contributed by atoms with van der Waals surface area (Å²) in [4.78, 5) is 20.8. The summed E-state index contributed by atoms with van der Waals surface area (Å²) in [6.07, 6.45) is 3.66. The first-order chi connectivity index (χ1) is 14.1. The molecule has 0 bridgehead atoms. The molecule has 1 aromatic heterocycles. The number of benzene rings is 1. The van der Waals surface area contributed by atoms with Crippen molar-refractivity contribution in [1.82, 2.24) is 10.3 Å². The minimum absolute atomic E-state index is 0.00233. The lowest BCUT2D eigenvalue weighted by atomic mass is 10.1. The summed E-state index contributed by atoms with van der Waals surface area (Å²) in [6, 6.07) is 14.3. The molecule has 0 saturated carbocycles. The van der Waals surface area contributed by atoms with E-state index in [1.807, 2.05) is 31.2 Å². The molecule has 1 N–H and O–H groups in total. The molecule has 0 aliphatic carbocycles. The van der Waals surface area contributed by atoms with Gasteiger partial charge in [0.1, 0.15) is 23.5 Å². The van der Waals surface area contributed by atoms with Gasteiger partial charge in [0.05, 0.1) is 12.6 Å². The number of carbonyl (C=O) groups is 1. The van der Waals surface area contributed by atoms with E-state index in [-0.39, 0.29) is 18.1 Å². The summed E-state index contributed by atoms with van der Waals surface area (Å²) < 4.78 is 6.21. The normalized spacial score (nSPS) is 20.0. The van der Waals surface area contributed by atoms with Crippen LogP contribution in [0.4, 0.5) is 11.6 Å². The third kappa shape index (κ3) is 4.81. The van der Waals surface area contributed by atoms with Crippen molar-refractivity contribution in [3.63, 3.8) is 0 Å². The first-order valence-corrected chi connectivity index (χ1v) is 10.6. The summed E-state index contributed by atoms with van der Waals surface area (Å²) in [5, 5.41) is 2.90. The Labute approximate surface area is 172 Å². The third-order valence-corrected chi connectivity index (χ3v) is 5.72. The SMILES string of the molecule is CC(=O)N[C@@H](C)c1ccc(O[C@@H]2CCN(c3cccc(N4CCCC4)n3)C2)cc1. The minimum Gasteiger partial charge on any atom is -0.489 e. The van der Waals surface area contributed by atoms with Crippen LogP contribution in [0.3, 0.4) is 0 Å². The van der Waals surface area contributed by atoms with E-state index in [1.54, 1.807) is 0 Å². The van der Waals surface area contributed by atoms with Gasteiger partial charge in [-0.15, -0.1) is 0 Å². The van der Waals surface area contributed by atoms with Crippen molar-refractivity contribution >= 4 is 17.5 Å². The maximum atomic E-state index is 11.2. The zero-order chi connectivity index (χ0) is 20.2. The highest BCUT2D eigenvalue weighted by molar-refractivity contribution is 5.73. The molecule has 0 radical (unpaired) electrons. The molecule has 2 aromatic rings. The van der Waals surface area contributed by atoms with Crippen LogP contribution >= 0.6 is 0 Å². The molecule has 3 heterocycles. The Kier molecular flexibility index (Phi) is 5.88. The van der Waals surface area contributed by atoms with Crippen LogP contribution in [-0.2, 0) is 4.79 Å². The minimum atomic E-state index is -0.0220. The predicted molar refractivity (Wildman–Crippen MR) is 116 cm³/mol. The molecule has 29 heavy (non-hydrogen) atoms. The van der Waals surface area contributed by atoms with E-state index in [9.17, 15) is 4.79 Å². The summed E-state index contributed by atoms with van der Waals surface area (Å²) in [5.41, 5.74) is 1.07. The lowest BCUT2D eigenvalue weighted by molar-refractivity contribution is -0.119.